The van der Waals surface area contributed by atoms with Crippen LogP contribution in [0.2, 0.25) is 0 Å². The Morgan fingerprint density at radius 2 is 1.87 bits per heavy atom. The molecule has 0 fully saturated rings. The number of carbonyl (C=O) groups is 2. The molecule has 0 spiro atoms. The van der Waals surface area contributed by atoms with E-state index < -0.39 is 18.1 Å². The molecule has 0 aliphatic rings. The highest BCUT2D eigenvalue weighted by Crippen LogP contribution is 2.26. The van der Waals surface area contributed by atoms with Gasteiger partial charge in [-0.05, 0) is 35.4 Å². The summed E-state index contributed by atoms with van der Waals surface area (Å²) in [5.41, 5.74) is 3.45. The highest BCUT2D eigenvalue weighted by atomic mass is 16.6. The molecule has 4 aromatic rings. The molecule has 1 unspecified atom stereocenters. The maximum absolute atomic E-state index is 12.1. The van der Waals surface area contributed by atoms with Crippen molar-refractivity contribution in [2.24, 2.45) is 0 Å². The van der Waals surface area contributed by atoms with E-state index in [0.717, 1.165) is 22.1 Å². The number of fused-ring (bicyclic) bond motifs is 1. The van der Waals surface area contributed by atoms with E-state index in [1.807, 2.05) is 48.5 Å². The van der Waals surface area contributed by atoms with Crippen molar-refractivity contribution in [2.75, 3.05) is 0 Å². The molecule has 0 aliphatic carbocycles. The smallest absolute Gasteiger partial charge is 0.408 e. The molecule has 7 heteroatoms. The zero-order valence-electron chi connectivity index (χ0n) is 16.5. The van der Waals surface area contributed by atoms with E-state index >= 15 is 0 Å². The molecule has 7 nitrogen and oxygen atoms in total. The van der Waals surface area contributed by atoms with Gasteiger partial charge in [-0.25, -0.2) is 9.59 Å². The average molecular weight is 416 g/mol. The van der Waals surface area contributed by atoms with Gasteiger partial charge in [-0.1, -0.05) is 42.5 Å². The number of nitrogens with one attached hydrogen (secondary N) is 1. The second-order valence-corrected chi connectivity index (χ2v) is 7.01. The molecule has 2 N–H and O–H groups in total. The Labute approximate surface area is 178 Å². The molecule has 2 aromatic carbocycles. The second kappa shape index (κ2) is 9.13. The van der Waals surface area contributed by atoms with Crippen LogP contribution in [0.3, 0.4) is 0 Å². The normalized spacial score (nSPS) is 11.7. The molecule has 31 heavy (non-hydrogen) atoms. The Morgan fingerprint density at radius 1 is 1.03 bits per heavy atom. The lowest BCUT2D eigenvalue weighted by molar-refractivity contribution is -0.139. The molecule has 0 bridgehead atoms. The van der Waals surface area contributed by atoms with Gasteiger partial charge in [0.2, 0.25) is 0 Å². The molecule has 2 heterocycles. The maximum atomic E-state index is 12.1. The van der Waals surface area contributed by atoms with Gasteiger partial charge >= 0.3 is 12.1 Å². The number of hydrogen-bond acceptors (Lipinski definition) is 5. The van der Waals surface area contributed by atoms with Crippen LogP contribution in [-0.2, 0) is 22.6 Å². The van der Waals surface area contributed by atoms with Gasteiger partial charge in [-0.2, -0.15) is 0 Å². The summed E-state index contributed by atoms with van der Waals surface area (Å²) >= 11 is 0. The molecule has 4 rings (SSSR count). The van der Waals surface area contributed by atoms with E-state index in [4.69, 9.17) is 9.15 Å². The molecule has 0 saturated heterocycles. The van der Waals surface area contributed by atoms with Crippen molar-refractivity contribution < 1.29 is 23.8 Å². The number of carboxylic acids is 1. The number of hydrogen-bond donors (Lipinski definition) is 2. The molecular weight excluding hydrogens is 396 g/mol. The first-order valence-electron chi connectivity index (χ1n) is 9.71. The van der Waals surface area contributed by atoms with Gasteiger partial charge in [0.15, 0.2) is 6.61 Å². The van der Waals surface area contributed by atoms with Gasteiger partial charge in [-0.3, -0.25) is 4.98 Å². The fourth-order valence-electron chi connectivity index (χ4n) is 3.25. The Morgan fingerprint density at radius 3 is 2.61 bits per heavy atom. The number of ether oxygens (including phenoxy) is 1. The van der Waals surface area contributed by atoms with Crippen molar-refractivity contribution in [3.63, 3.8) is 0 Å². The van der Waals surface area contributed by atoms with Crippen molar-refractivity contribution in [1.29, 1.82) is 0 Å². The summed E-state index contributed by atoms with van der Waals surface area (Å²) in [7, 11) is 0. The monoisotopic (exact) mass is 416 g/mol. The molecule has 1 amide bonds. The summed E-state index contributed by atoms with van der Waals surface area (Å²) < 4.78 is 10.9. The van der Waals surface area contributed by atoms with E-state index in [9.17, 15) is 14.7 Å². The SMILES string of the molecule is O=C(NC(Cc1ccccc1)C(=O)O)OCc1cc2cc(-c3cccnc3)ccc2o1. The first kappa shape index (κ1) is 20.2. The number of furan rings is 1. The van der Waals surface area contributed by atoms with Gasteiger partial charge < -0.3 is 19.6 Å². The fourth-order valence-corrected chi connectivity index (χ4v) is 3.25. The van der Waals surface area contributed by atoms with Crippen LogP contribution >= 0.6 is 0 Å². The van der Waals surface area contributed by atoms with Crippen LogP contribution in [0.1, 0.15) is 11.3 Å². The number of rotatable bonds is 7. The predicted octanol–water partition coefficient (Wildman–Crippen LogP) is 4.42. The second-order valence-electron chi connectivity index (χ2n) is 7.01. The number of alkyl carbamates (subject to hydrolysis) is 1. The summed E-state index contributed by atoms with van der Waals surface area (Å²) in [6, 6.07) is 19.4. The number of carboxylic acid groups (broad SMARTS) is 1. The fraction of sp³-hybridized carbons (Fsp3) is 0.125. The first-order chi connectivity index (χ1) is 15.1. The Balaban J connectivity index is 1.38. The molecule has 0 radical (unpaired) electrons. The highest BCUT2D eigenvalue weighted by Gasteiger charge is 2.21. The third-order valence-electron chi connectivity index (χ3n) is 4.78. The summed E-state index contributed by atoms with van der Waals surface area (Å²) in [6.45, 7) is -0.111. The van der Waals surface area contributed by atoms with Crippen LogP contribution in [0.15, 0.2) is 83.5 Å². The lowest BCUT2D eigenvalue weighted by atomic mass is 10.1. The number of amides is 1. The van der Waals surface area contributed by atoms with Gasteiger partial charge in [0.05, 0.1) is 0 Å². The van der Waals surface area contributed by atoms with Crippen molar-refractivity contribution in [2.45, 2.75) is 19.1 Å². The summed E-state index contributed by atoms with van der Waals surface area (Å²) in [5, 5.41) is 12.6. The summed E-state index contributed by atoms with van der Waals surface area (Å²) in [5.74, 6) is -0.670. The van der Waals surface area contributed by atoms with Gasteiger partial charge in [0, 0.05) is 29.8 Å². The summed E-state index contributed by atoms with van der Waals surface area (Å²) in [6.07, 6.45) is 2.84. The Bertz CT molecular complexity index is 1190. The number of aromatic nitrogens is 1. The van der Waals surface area contributed by atoms with Crippen LogP contribution < -0.4 is 5.32 Å². The molecule has 0 aliphatic heterocycles. The minimum atomic E-state index is -1.13. The number of benzene rings is 2. The van der Waals surface area contributed by atoms with Gasteiger partial charge in [0.25, 0.3) is 0 Å². The summed E-state index contributed by atoms with van der Waals surface area (Å²) in [4.78, 5) is 27.7. The maximum Gasteiger partial charge on any atom is 0.408 e. The third-order valence-corrected chi connectivity index (χ3v) is 4.78. The zero-order chi connectivity index (χ0) is 21.6. The third kappa shape index (κ3) is 5.08. The largest absolute Gasteiger partial charge is 0.480 e. The van der Waals surface area contributed by atoms with E-state index in [1.54, 1.807) is 30.6 Å². The Kier molecular flexibility index (Phi) is 5.93. The Hall–Kier alpha value is -4.13. The predicted molar refractivity (Wildman–Crippen MR) is 114 cm³/mol. The standard InChI is InChI=1S/C24H20N2O5/c27-23(28)21(11-16-5-2-1-3-6-16)26-24(29)30-15-20-13-19-12-17(8-9-22(19)31-20)18-7-4-10-25-14-18/h1-10,12-14,21H,11,15H2,(H,26,29)(H,27,28). The van der Waals surface area contributed by atoms with Crippen LogP contribution in [0.4, 0.5) is 4.79 Å². The molecular formula is C24H20N2O5. The number of carbonyl (C=O) groups excluding carboxylic acids is 1. The van der Waals surface area contributed by atoms with Gasteiger partial charge in [-0.15, -0.1) is 0 Å². The zero-order valence-corrected chi connectivity index (χ0v) is 16.5. The van der Waals surface area contributed by atoms with Crippen LogP contribution in [0.25, 0.3) is 22.1 Å². The van der Waals surface area contributed by atoms with E-state index in [1.165, 1.54) is 0 Å². The van der Waals surface area contributed by atoms with Crippen molar-refractivity contribution in [3.8, 4) is 11.1 Å². The minimum Gasteiger partial charge on any atom is -0.480 e. The van der Waals surface area contributed by atoms with Crippen molar-refractivity contribution in [3.05, 3.63) is 90.4 Å². The molecule has 0 saturated carbocycles. The lowest BCUT2D eigenvalue weighted by Crippen LogP contribution is -2.42. The molecule has 156 valence electrons. The van der Waals surface area contributed by atoms with Gasteiger partial charge in [0.1, 0.15) is 17.4 Å². The lowest BCUT2D eigenvalue weighted by Gasteiger charge is -2.14. The number of aliphatic carboxylic acids is 1. The molecule has 1 atom stereocenters. The first-order valence-corrected chi connectivity index (χ1v) is 9.71. The topological polar surface area (TPSA) is 102 Å². The minimum absolute atomic E-state index is 0.111. The van der Waals surface area contributed by atoms with E-state index in [-0.39, 0.29) is 13.0 Å². The quantitative estimate of drug-likeness (QED) is 0.463. The molecule has 2 aromatic heterocycles. The average Bonchev–Trinajstić information content (AvgIpc) is 3.21. The van der Waals surface area contributed by atoms with E-state index in [2.05, 4.69) is 10.3 Å². The van der Waals surface area contributed by atoms with Crippen LogP contribution in [-0.4, -0.2) is 28.2 Å². The highest BCUT2D eigenvalue weighted by molar-refractivity contribution is 5.84. The van der Waals surface area contributed by atoms with Crippen LogP contribution in [0, 0.1) is 0 Å². The van der Waals surface area contributed by atoms with Crippen LogP contribution in [0.5, 0.6) is 0 Å². The van der Waals surface area contributed by atoms with Crippen molar-refractivity contribution >= 4 is 23.0 Å². The van der Waals surface area contributed by atoms with Crippen molar-refractivity contribution in [1.82, 2.24) is 10.3 Å². The number of pyridine rings is 1. The number of nitrogens with zero attached hydrogens (tertiary/aromatic N) is 1. The van der Waals surface area contributed by atoms with E-state index in [0.29, 0.717) is 11.3 Å².